The third-order valence-electron chi connectivity index (χ3n) is 3.70. The van der Waals surface area contributed by atoms with Gasteiger partial charge in [0.05, 0.1) is 10.9 Å². The highest BCUT2D eigenvalue weighted by molar-refractivity contribution is 7.13. The van der Waals surface area contributed by atoms with Crippen molar-refractivity contribution in [3.05, 3.63) is 45.3 Å². The number of amides is 1. The molecule has 1 aromatic carbocycles. The first kappa shape index (κ1) is 18.6. The lowest BCUT2D eigenvalue weighted by atomic mass is 10.1. The third kappa shape index (κ3) is 4.14. The Morgan fingerprint density at radius 3 is 2.78 bits per heavy atom. The van der Waals surface area contributed by atoms with Gasteiger partial charge < -0.3 is 19.6 Å². The van der Waals surface area contributed by atoms with Gasteiger partial charge in [-0.05, 0) is 25.5 Å². The summed E-state index contributed by atoms with van der Waals surface area (Å²) in [7, 11) is 0. The smallest absolute Gasteiger partial charge is 0.322 e. The van der Waals surface area contributed by atoms with Gasteiger partial charge in [0.25, 0.3) is 5.91 Å². The molecule has 140 valence electrons. The molecule has 0 atom stereocenters. The minimum Gasteiger partial charge on any atom is -0.484 e. The first-order chi connectivity index (χ1) is 12.8. The minimum absolute atomic E-state index is 0.186. The van der Waals surface area contributed by atoms with E-state index in [1.54, 1.807) is 13.0 Å². The molecule has 3 rings (SSSR count). The Balaban J connectivity index is 1.86. The predicted octanol–water partition coefficient (Wildman–Crippen LogP) is 2.11. The topological polar surface area (TPSA) is 119 Å². The number of carbonyl (C=O) groups excluding carboxylic acids is 1. The summed E-state index contributed by atoms with van der Waals surface area (Å²) >= 11 is 1.37. The van der Waals surface area contributed by atoms with Gasteiger partial charge in [-0.15, -0.1) is 11.3 Å². The largest absolute Gasteiger partial charge is 0.484 e. The molecule has 2 N–H and O–H groups in total. The number of aliphatic carboxylic acids is 1. The monoisotopic (exact) mass is 388 g/mol. The predicted molar refractivity (Wildman–Crippen MR) is 99.2 cm³/mol. The van der Waals surface area contributed by atoms with Crippen molar-refractivity contribution in [2.75, 3.05) is 13.2 Å². The number of carbonyl (C=O) groups is 2. The first-order valence-corrected chi connectivity index (χ1v) is 8.83. The molecule has 0 unspecified atom stereocenters. The number of fused-ring (bicyclic) bond motifs is 1. The number of hydrogen-bond donors (Lipinski definition) is 2. The lowest BCUT2D eigenvalue weighted by molar-refractivity contribution is -0.138. The maximum Gasteiger partial charge on any atom is 0.322 e. The van der Waals surface area contributed by atoms with Crippen molar-refractivity contribution in [3.8, 4) is 16.3 Å². The molecule has 3 aromatic rings. The van der Waals surface area contributed by atoms with E-state index >= 15 is 0 Å². The molecule has 0 bridgehead atoms. The number of thiazole rings is 1. The third-order valence-corrected chi connectivity index (χ3v) is 4.70. The van der Waals surface area contributed by atoms with Crippen LogP contribution in [0.4, 0.5) is 0 Å². The van der Waals surface area contributed by atoms with E-state index in [1.165, 1.54) is 23.7 Å². The summed E-state index contributed by atoms with van der Waals surface area (Å²) in [5.41, 5.74) is 2.01. The number of carboxylic acid groups (broad SMARTS) is 1. The molecule has 8 nitrogen and oxygen atoms in total. The second-order valence-electron chi connectivity index (χ2n) is 5.84. The molecule has 0 saturated heterocycles. The molecule has 0 aliphatic heterocycles. The summed E-state index contributed by atoms with van der Waals surface area (Å²) in [5.74, 6) is -1.37. The maximum atomic E-state index is 12.8. The van der Waals surface area contributed by atoms with E-state index in [9.17, 15) is 14.4 Å². The lowest BCUT2D eigenvalue weighted by Gasteiger charge is -2.09. The fraction of sp³-hybridized carbons (Fsp3) is 0.222. The van der Waals surface area contributed by atoms with Gasteiger partial charge in [0.2, 0.25) is 5.43 Å². The zero-order valence-corrected chi connectivity index (χ0v) is 15.4. The van der Waals surface area contributed by atoms with Crippen LogP contribution in [-0.4, -0.2) is 35.1 Å². The standard InChI is InChI=1S/C18H16N2O6S/c1-9-3-11(25-7-14(21)19-5-15(22)23)4-13-16(9)17(24)12(6-26-13)18-20-10(2)8-27-18/h3-4,6,8H,5,7H2,1-2H3,(H,19,21)(H,22,23). The van der Waals surface area contributed by atoms with Crippen molar-refractivity contribution < 1.29 is 23.8 Å². The second-order valence-corrected chi connectivity index (χ2v) is 6.70. The van der Waals surface area contributed by atoms with Gasteiger partial charge in [0, 0.05) is 17.1 Å². The van der Waals surface area contributed by atoms with E-state index in [0.29, 0.717) is 32.9 Å². The fourth-order valence-corrected chi connectivity index (χ4v) is 3.30. The Kier molecular flexibility index (Phi) is 5.22. The van der Waals surface area contributed by atoms with Crippen LogP contribution in [0.1, 0.15) is 11.3 Å². The van der Waals surface area contributed by atoms with Crippen molar-refractivity contribution in [2.24, 2.45) is 0 Å². The Morgan fingerprint density at radius 2 is 2.11 bits per heavy atom. The summed E-state index contributed by atoms with van der Waals surface area (Å²) in [6, 6.07) is 3.14. The van der Waals surface area contributed by atoms with Gasteiger partial charge in [-0.2, -0.15) is 0 Å². The van der Waals surface area contributed by atoms with Crippen molar-refractivity contribution >= 4 is 34.2 Å². The summed E-state index contributed by atoms with van der Waals surface area (Å²) in [6.45, 7) is 2.77. The number of hydrogen-bond acceptors (Lipinski definition) is 7. The molecule has 1 amide bonds. The van der Waals surface area contributed by atoms with Gasteiger partial charge in [-0.1, -0.05) is 0 Å². The van der Waals surface area contributed by atoms with Crippen LogP contribution < -0.4 is 15.5 Å². The molecule has 9 heteroatoms. The lowest BCUT2D eigenvalue weighted by Crippen LogP contribution is -2.33. The Bertz CT molecular complexity index is 1090. The highest BCUT2D eigenvalue weighted by atomic mass is 32.1. The van der Waals surface area contributed by atoms with E-state index in [1.807, 2.05) is 12.3 Å². The molecule has 0 aliphatic carbocycles. The van der Waals surface area contributed by atoms with Crippen LogP contribution in [0.3, 0.4) is 0 Å². The van der Waals surface area contributed by atoms with E-state index in [-0.39, 0.29) is 12.0 Å². The van der Waals surface area contributed by atoms with Crippen molar-refractivity contribution in [2.45, 2.75) is 13.8 Å². The van der Waals surface area contributed by atoms with Crippen LogP contribution in [-0.2, 0) is 9.59 Å². The van der Waals surface area contributed by atoms with Gasteiger partial charge in [-0.3, -0.25) is 14.4 Å². The summed E-state index contributed by atoms with van der Waals surface area (Å²) < 4.78 is 11.0. The van der Waals surface area contributed by atoms with E-state index in [4.69, 9.17) is 14.3 Å². The average Bonchev–Trinajstić information content (AvgIpc) is 3.04. The molecule has 2 aromatic heterocycles. The van der Waals surface area contributed by atoms with Crippen LogP contribution in [0.15, 0.2) is 33.0 Å². The zero-order chi connectivity index (χ0) is 19.6. The molecule has 0 radical (unpaired) electrons. The maximum absolute atomic E-state index is 12.8. The highest BCUT2D eigenvalue weighted by Gasteiger charge is 2.15. The van der Waals surface area contributed by atoms with Crippen molar-refractivity contribution in [1.29, 1.82) is 0 Å². The summed E-state index contributed by atoms with van der Waals surface area (Å²) in [6.07, 6.45) is 1.37. The number of nitrogens with one attached hydrogen (secondary N) is 1. The van der Waals surface area contributed by atoms with Gasteiger partial charge >= 0.3 is 5.97 Å². The van der Waals surface area contributed by atoms with Crippen LogP contribution >= 0.6 is 11.3 Å². The van der Waals surface area contributed by atoms with Crippen molar-refractivity contribution in [3.63, 3.8) is 0 Å². The van der Waals surface area contributed by atoms with Crippen molar-refractivity contribution in [1.82, 2.24) is 10.3 Å². The number of aromatic nitrogens is 1. The van der Waals surface area contributed by atoms with Crippen LogP contribution in [0.25, 0.3) is 21.5 Å². The zero-order valence-electron chi connectivity index (χ0n) is 14.6. The summed E-state index contributed by atoms with van der Waals surface area (Å²) in [4.78, 5) is 39.1. The van der Waals surface area contributed by atoms with Crippen LogP contribution in [0.5, 0.6) is 5.75 Å². The number of nitrogens with zero attached hydrogens (tertiary/aromatic N) is 1. The molecule has 0 aliphatic rings. The molecule has 2 heterocycles. The van der Waals surface area contributed by atoms with E-state index in [2.05, 4.69) is 10.3 Å². The fourth-order valence-electron chi connectivity index (χ4n) is 2.50. The average molecular weight is 388 g/mol. The Labute approximate surface area is 157 Å². The van der Waals surface area contributed by atoms with E-state index in [0.717, 1.165) is 5.69 Å². The highest BCUT2D eigenvalue weighted by Crippen LogP contribution is 2.27. The number of benzene rings is 1. The molecule has 0 spiro atoms. The number of carboxylic acids is 1. The van der Waals surface area contributed by atoms with Gasteiger partial charge in [0.1, 0.15) is 29.1 Å². The quantitative estimate of drug-likeness (QED) is 0.664. The Morgan fingerprint density at radius 1 is 1.33 bits per heavy atom. The molecular formula is C18H16N2O6S. The summed E-state index contributed by atoms with van der Waals surface area (Å²) in [5, 5.41) is 13.6. The Hall–Kier alpha value is -3.20. The molecule has 27 heavy (non-hydrogen) atoms. The number of rotatable bonds is 6. The molecular weight excluding hydrogens is 372 g/mol. The molecule has 0 fully saturated rings. The van der Waals surface area contributed by atoms with Crippen LogP contribution in [0, 0.1) is 13.8 Å². The first-order valence-electron chi connectivity index (χ1n) is 7.95. The minimum atomic E-state index is -1.14. The molecule has 0 saturated carbocycles. The van der Waals surface area contributed by atoms with Gasteiger partial charge in [0.15, 0.2) is 6.61 Å². The van der Waals surface area contributed by atoms with Gasteiger partial charge in [-0.25, -0.2) is 4.98 Å². The number of aryl methyl sites for hydroxylation is 2. The van der Waals surface area contributed by atoms with E-state index < -0.39 is 18.4 Å². The van der Waals surface area contributed by atoms with Crippen LogP contribution in [0.2, 0.25) is 0 Å². The normalized spacial score (nSPS) is 10.7. The SMILES string of the molecule is Cc1csc(-c2coc3cc(OCC(=O)NCC(=O)O)cc(C)c3c2=O)n1. The number of ether oxygens (including phenoxy) is 1. The second kappa shape index (κ2) is 7.58.